The molecule has 0 saturated heterocycles. The van der Waals surface area contributed by atoms with Gasteiger partial charge in [0, 0.05) is 10.4 Å². The van der Waals surface area contributed by atoms with Gasteiger partial charge in [-0.05, 0) is 53.1 Å². The Hall–Kier alpha value is -2.14. The van der Waals surface area contributed by atoms with Crippen molar-refractivity contribution in [1.82, 2.24) is 0 Å². The van der Waals surface area contributed by atoms with Gasteiger partial charge < -0.3 is 14.9 Å². The van der Waals surface area contributed by atoms with Gasteiger partial charge in [-0.2, -0.15) is 0 Å². The number of aliphatic hydroxyl groups excluding tert-OH is 1. The first-order valence-electron chi connectivity index (χ1n) is 10.2. The molecule has 3 aromatic rings. The Balaban J connectivity index is 2.05. The van der Waals surface area contributed by atoms with Crippen LogP contribution in [-0.4, -0.2) is 17.3 Å². The van der Waals surface area contributed by atoms with E-state index >= 15 is 0 Å². The minimum absolute atomic E-state index is 0.0420. The van der Waals surface area contributed by atoms with E-state index in [1.807, 2.05) is 38.1 Å². The molecule has 0 unspecified atom stereocenters. The van der Waals surface area contributed by atoms with Crippen LogP contribution in [0.1, 0.15) is 50.3 Å². The van der Waals surface area contributed by atoms with Gasteiger partial charge in [0.15, 0.2) is 5.06 Å². The van der Waals surface area contributed by atoms with E-state index in [0.717, 1.165) is 38.6 Å². The molecule has 29 heavy (non-hydrogen) atoms. The Labute approximate surface area is 177 Å². The molecule has 0 aliphatic heterocycles. The van der Waals surface area contributed by atoms with Crippen LogP contribution in [0.3, 0.4) is 0 Å². The van der Waals surface area contributed by atoms with Crippen LogP contribution in [0.5, 0.6) is 5.06 Å². The van der Waals surface area contributed by atoms with Crippen LogP contribution in [0.25, 0.3) is 21.6 Å². The van der Waals surface area contributed by atoms with Gasteiger partial charge in [-0.1, -0.05) is 74.6 Å². The van der Waals surface area contributed by atoms with E-state index in [2.05, 4.69) is 31.2 Å². The van der Waals surface area contributed by atoms with Crippen molar-refractivity contribution in [2.75, 3.05) is 7.11 Å². The van der Waals surface area contributed by atoms with E-state index < -0.39 is 5.60 Å². The molecule has 0 saturated carbocycles. The SMILES string of the molecule is CCc1cc(C(O)(CC)CC)ccc1-c1cc(-c2ccc(CO)cc2)c(OC)s1. The maximum atomic E-state index is 10.9. The minimum Gasteiger partial charge on any atom is -0.487 e. The van der Waals surface area contributed by atoms with Crippen LogP contribution in [-0.2, 0) is 18.6 Å². The Morgan fingerprint density at radius 1 is 0.931 bits per heavy atom. The molecule has 4 heteroatoms. The van der Waals surface area contributed by atoms with Crippen molar-refractivity contribution >= 4 is 11.3 Å². The first-order valence-corrected chi connectivity index (χ1v) is 11.0. The lowest BCUT2D eigenvalue weighted by Crippen LogP contribution is -2.23. The standard InChI is InChI=1S/C25H30O3S/c1-5-18-14-20(25(27,6-2)7-3)12-13-21(18)23-15-22(24(28-4)29-23)19-10-8-17(16-26)9-11-19/h8-15,26-27H,5-7,16H2,1-4H3. The lowest BCUT2D eigenvalue weighted by atomic mass is 9.86. The lowest BCUT2D eigenvalue weighted by Gasteiger charge is -2.27. The van der Waals surface area contributed by atoms with Crippen molar-refractivity contribution in [1.29, 1.82) is 0 Å². The zero-order chi connectivity index (χ0) is 21.0. The Kier molecular flexibility index (Phi) is 6.78. The number of aryl methyl sites for hydroxylation is 1. The number of methoxy groups -OCH3 is 1. The van der Waals surface area contributed by atoms with Gasteiger partial charge in [0.1, 0.15) is 0 Å². The van der Waals surface area contributed by atoms with E-state index in [1.54, 1.807) is 18.4 Å². The molecule has 0 spiro atoms. The van der Waals surface area contributed by atoms with Gasteiger partial charge in [-0.25, -0.2) is 0 Å². The molecule has 2 aromatic carbocycles. The summed E-state index contributed by atoms with van der Waals surface area (Å²) in [6.07, 6.45) is 2.30. The van der Waals surface area contributed by atoms with Crippen molar-refractivity contribution in [2.45, 2.75) is 52.2 Å². The molecule has 0 amide bonds. The molecule has 3 rings (SSSR count). The number of aliphatic hydroxyl groups is 2. The molecule has 0 atom stereocenters. The molecule has 0 aliphatic rings. The summed E-state index contributed by atoms with van der Waals surface area (Å²) < 4.78 is 5.67. The third-order valence-electron chi connectivity index (χ3n) is 5.79. The maximum absolute atomic E-state index is 10.9. The summed E-state index contributed by atoms with van der Waals surface area (Å²) >= 11 is 1.64. The first kappa shape index (κ1) is 21.6. The van der Waals surface area contributed by atoms with Crippen LogP contribution in [0, 0.1) is 0 Å². The molecule has 0 aliphatic carbocycles. The molecule has 3 nitrogen and oxygen atoms in total. The normalized spacial score (nSPS) is 11.7. The summed E-state index contributed by atoms with van der Waals surface area (Å²) in [6, 6.07) is 16.4. The quantitative estimate of drug-likeness (QED) is 0.468. The van der Waals surface area contributed by atoms with E-state index in [9.17, 15) is 10.2 Å². The molecule has 0 fully saturated rings. The second-order valence-corrected chi connectivity index (χ2v) is 8.35. The average molecular weight is 411 g/mol. The number of hydrogen-bond acceptors (Lipinski definition) is 4. The monoisotopic (exact) mass is 410 g/mol. The van der Waals surface area contributed by atoms with Gasteiger partial charge in [0.05, 0.1) is 19.3 Å². The summed E-state index contributed by atoms with van der Waals surface area (Å²) in [5.41, 5.74) is 5.67. The van der Waals surface area contributed by atoms with Crippen LogP contribution in [0.4, 0.5) is 0 Å². The topological polar surface area (TPSA) is 49.7 Å². The summed E-state index contributed by atoms with van der Waals surface area (Å²) in [7, 11) is 1.70. The molecule has 2 N–H and O–H groups in total. The lowest BCUT2D eigenvalue weighted by molar-refractivity contribution is 0.0283. The number of thiophene rings is 1. The Bertz CT molecular complexity index is 953. The molecule has 0 radical (unpaired) electrons. The Morgan fingerprint density at radius 2 is 1.62 bits per heavy atom. The molecular weight excluding hydrogens is 380 g/mol. The first-order chi connectivity index (χ1) is 14.0. The third-order valence-corrected chi connectivity index (χ3v) is 6.92. The fourth-order valence-electron chi connectivity index (χ4n) is 3.72. The maximum Gasteiger partial charge on any atom is 0.181 e. The fraction of sp³-hybridized carbons (Fsp3) is 0.360. The minimum atomic E-state index is -0.769. The summed E-state index contributed by atoms with van der Waals surface area (Å²) in [5.74, 6) is 0. The summed E-state index contributed by atoms with van der Waals surface area (Å²) in [4.78, 5) is 1.16. The molecule has 0 bridgehead atoms. The van der Waals surface area contributed by atoms with Crippen molar-refractivity contribution in [3.63, 3.8) is 0 Å². The molecular formula is C25H30O3S. The zero-order valence-corrected chi connectivity index (χ0v) is 18.5. The number of rotatable bonds is 8. The summed E-state index contributed by atoms with van der Waals surface area (Å²) in [5, 5.41) is 21.1. The Morgan fingerprint density at radius 3 is 2.17 bits per heavy atom. The highest BCUT2D eigenvalue weighted by Gasteiger charge is 2.26. The van der Waals surface area contributed by atoms with E-state index in [1.165, 1.54) is 11.1 Å². The van der Waals surface area contributed by atoms with Crippen molar-refractivity contribution in [3.8, 4) is 26.6 Å². The fourth-order valence-corrected chi connectivity index (χ4v) is 4.78. The predicted molar refractivity (Wildman–Crippen MR) is 122 cm³/mol. The molecule has 154 valence electrons. The largest absolute Gasteiger partial charge is 0.487 e. The number of ether oxygens (including phenoxy) is 1. The van der Waals surface area contributed by atoms with Gasteiger partial charge in [-0.15, -0.1) is 0 Å². The van der Waals surface area contributed by atoms with Crippen LogP contribution >= 0.6 is 11.3 Å². The number of hydrogen-bond donors (Lipinski definition) is 2. The highest BCUT2D eigenvalue weighted by molar-refractivity contribution is 7.17. The highest BCUT2D eigenvalue weighted by Crippen LogP contribution is 2.44. The molecule has 1 aromatic heterocycles. The van der Waals surface area contributed by atoms with E-state index in [-0.39, 0.29) is 6.61 Å². The van der Waals surface area contributed by atoms with Gasteiger partial charge in [0.2, 0.25) is 0 Å². The van der Waals surface area contributed by atoms with Gasteiger partial charge in [0.25, 0.3) is 0 Å². The van der Waals surface area contributed by atoms with Crippen LogP contribution in [0.15, 0.2) is 48.5 Å². The second-order valence-electron chi connectivity index (χ2n) is 7.34. The second kappa shape index (κ2) is 9.12. The van der Waals surface area contributed by atoms with Crippen LogP contribution in [0.2, 0.25) is 0 Å². The van der Waals surface area contributed by atoms with Gasteiger partial charge in [-0.3, -0.25) is 0 Å². The van der Waals surface area contributed by atoms with Crippen molar-refractivity contribution in [2.24, 2.45) is 0 Å². The predicted octanol–water partition coefficient (Wildman–Crippen LogP) is 6.15. The zero-order valence-electron chi connectivity index (χ0n) is 17.7. The van der Waals surface area contributed by atoms with Gasteiger partial charge >= 0.3 is 0 Å². The smallest absolute Gasteiger partial charge is 0.181 e. The number of benzene rings is 2. The van der Waals surface area contributed by atoms with Crippen LogP contribution < -0.4 is 4.74 Å². The summed E-state index contributed by atoms with van der Waals surface area (Å²) in [6.45, 7) is 6.25. The highest BCUT2D eigenvalue weighted by atomic mass is 32.1. The molecule has 1 heterocycles. The average Bonchev–Trinajstić information content (AvgIpc) is 3.22. The van der Waals surface area contributed by atoms with E-state index in [0.29, 0.717) is 12.8 Å². The third kappa shape index (κ3) is 4.25. The van der Waals surface area contributed by atoms with Crippen molar-refractivity contribution < 1.29 is 14.9 Å². The van der Waals surface area contributed by atoms with E-state index in [4.69, 9.17) is 4.74 Å². The van der Waals surface area contributed by atoms with Crippen molar-refractivity contribution in [3.05, 3.63) is 65.2 Å².